The molecule has 1 aliphatic heterocycles. The highest BCUT2D eigenvalue weighted by Crippen LogP contribution is 2.22. The standard InChI is InChI=1S/C14H17FN4OS/c15-12-2-1-5-17-13(12)20-10-3-6-19(7-4-10)9-11-8-18-14(16)21-11/h1-2,5,8,10H,3-4,6-7,9H2,(H2,16,18). The minimum Gasteiger partial charge on any atom is -0.472 e. The minimum absolute atomic E-state index is 0.0252. The van der Waals surface area contributed by atoms with Crippen LogP contribution in [0.1, 0.15) is 17.7 Å². The van der Waals surface area contributed by atoms with Crippen molar-refractivity contribution in [2.45, 2.75) is 25.5 Å². The molecule has 2 N–H and O–H groups in total. The number of pyridine rings is 1. The van der Waals surface area contributed by atoms with Crippen LogP contribution >= 0.6 is 11.3 Å². The average Bonchev–Trinajstić information content (AvgIpc) is 2.89. The van der Waals surface area contributed by atoms with E-state index in [0.717, 1.165) is 32.5 Å². The SMILES string of the molecule is Nc1ncc(CN2CCC(Oc3ncccc3F)CC2)s1. The van der Waals surface area contributed by atoms with Crippen LogP contribution in [0.4, 0.5) is 9.52 Å². The fraction of sp³-hybridized carbons (Fsp3) is 0.429. The molecule has 0 atom stereocenters. The Bertz CT molecular complexity index is 598. The largest absolute Gasteiger partial charge is 0.472 e. The number of halogens is 1. The smallest absolute Gasteiger partial charge is 0.250 e. The Hall–Kier alpha value is -1.73. The number of hydrogen-bond donors (Lipinski definition) is 1. The van der Waals surface area contributed by atoms with E-state index in [9.17, 15) is 4.39 Å². The number of ether oxygens (including phenoxy) is 1. The van der Waals surface area contributed by atoms with Crippen molar-refractivity contribution in [3.63, 3.8) is 0 Å². The molecule has 1 aliphatic rings. The van der Waals surface area contributed by atoms with Gasteiger partial charge in [-0.1, -0.05) is 0 Å². The van der Waals surface area contributed by atoms with Gasteiger partial charge in [0, 0.05) is 36.9 Å². The molecule has 0 radical (unpaired) electrons. The van der Waals surface area contributed by atoms with Crippen molar-refractivity contribution in [2.75, 3.05) is 18.8 Å². The van der Waals surface area contributed by atoms with Crippen molar-refractivity contribution in [2.24, 2.45) is 0 Å². The fourth-order valence-corrected chi connectivity index (χ4v) is 3.14. The molecule has 0 bridgehead atoms. The second kappa shape index (κ2) is 6.36. The van der Waals surface area contributed by atoms with Gasteiger partial charge in [-0.25, -0.2) is 14.4 Å². The average molecular weight is 308 g/mol. The number of nitrogen functional groups attached to an aromatic ring is 1. The summed E-state index contributed by atoms with van der Waals surface area (Å²) in [5.41, 5.74) is 5.63. The first kappa shape index (κ1) is 14.2. The third kappa shape index (κ3) is 3.68. The molecular formula is C14H17FN4OS. The molecule has 1 saturated heterocycles. The second-order valence-corrected chi connectivity index (χ2v) is 6.20. The van der Waals surface area contributed by atoms with E-state index in [-0.39, 0.29) is 12.0 Å². The highest BCUT2D eigenvalue weighted by atomic mass is 32.1. The van der Waals surface area contributed by atoms with Gasteiger partial charge in [0.15, 0.2) is 10.9 Å². The lowest BCUT2D eigenvalue weighted by atomic mass is 10.1. The zero-order valence-corrected chi connectivity index (χ0v) is 12.4. The first-order chi connectivity index (χ1) is 10.2. The molecule has 1 fully saturated rings. The van der Waals surface area contributed by atoms with Crippen LogP contribution < -0.4 is 10.5 Å². The van der Waals surface area contributed by atoms with Crippen LogP contribution in [-0.4, -0.2) is 34.1 Å². The molecule has 0 spiro atoms. The highest BCUT2D eigenvalue weighted by Gasteiger charge is 2.22. The Morgan fingerprint density at radius 1 is 1.38 bits per heavy atom. The van der Waals surface area contributed by atoms with Gasteiger partial charge in [-0.2, -0.15) is 0 Å². The second-order valence-electron chi connectivity index (χ2n) is 5.05. The Morgan fingerprint density at radius 2 is 2.19 bits per heavy atom. The summed E-state index contributed by atoms with van der Waals surface area (Å²) in [5, 5.41) is 0.605. The molecule has 0 aliphatic carbocycles. The molecule has 0 amide bonds. The number of hydrogen-bond acceptors (Lipinski definition) is 6. The van der Waals surface area contributed by atoms with Gasteiger partial charge in [0.25, 0.3) is 5.88 Å². The van der Waals surface area contributed by atoms with Crippen molar-refractivity contribution in [3.8, 4) is 5.88 Å². The number of aromatic nitrogens is 2. The van der Waals surface area contributed by atoms with Gasteiger partial charge in [0.05, 0.1) is 0 Å². The van der Waals surface area contributed by atoms with Crippen LogP contribution in [0.25, 0.3) is 0 Å². The van der Waals surface area contributed by atoms with E-state index < -0.39 is 5.82 Å². The van der Waals surface area contributed by atoms with E-state index >= 15 is 0 Å². The fourth-order valence-electron chi connectivity index (χ4n) is 2.42. The summed E-state index contributed by atoms with van der Waals surface area (Å²) in [7, 11) is 0. The molecule has 0 aromatic carbocycles. The zero-order valence-electron chi connectivity index (χ0n) is 11.5. The number of nitrogens with two attached hydrogens (primary N) is 1. The van der Waals surface area contributed by atoms with Crippen molar-refractivity contribution in [1.29, 1.82) is 0 Å². The van der Waals surface area contributed by atoms with Crippen LogP contribution in [0, 0.1) is 5.82 Å². The number of nitrogens with zero attached hydrogens (tertiary/aromatic N) is 3. The Kier molecular flexibility index (Phi) is 4.31. The Labute approximate surface area is 126 Å². The first-order valence-electron chi connectivity index (χ1n) is 6.90. The summed E-state index contributed by atoms with van der Waals surface area (Å²) in [5.74, 6) is -0.300. The van der Waals surface area contributed by atoms with Gasteiger partial charge >= 0.3 is 0 Å². The van der Waals surface area contributed by atoms with Crippen LogP contribution in [0.2, 0.25) is 0 Å². The molecular weight excluding hydrogens is 291 g/mol. The maximum atomic E-state index is 13.5. The predicted octanol–water partition coefficient (Wildman–Crippen LogP) is 2.30. The van der Waals surface area contributed by atoms with Gasteiger partial charge in [-0.05, 0) is 25.0 Å². The monoisotopic (exact) mass is 308 g/mol. The van der Waals surface area contributed by atoms with Gasteiger partial charge in [0.1, 0.15) is 6.10 Å². The van der Waals surface area contributed by atoms with Gasteiger partial charge in [-0.3, -0.25) is 4.90 Å². The summed E-state index contributed by atoms with van der Waals surface area (Å²) >= 11 is 1.52. The lowest BCUT2D eigenvalue weighted by Crippen LogP contribution is -2.37. The Balaban J connectivity index is 1.50. The molecule has 112 valence electrons. The summed E-state index contributed by atoms with van der Waals surface area (Å²) in [4.78, 5) is 11.5. The van der Waals surface area contributed by atoms with E-state index in [4.69, 9.17) is 10.5 Å². The first-order valence-corrected chi connectivity index (χ1v) is 7.72. The predicted molar refractivity (Wildman–Crippen MR) is 79.6 cm³/mol. The minimum atomic E-state index is -0.403. The Morgan fingerprint density at radius 3 is 2.86 bits per heavy atom. The van der Waals surface area contributed by atoms with Crippen molar-refractivity contribution in [1.82, 2.24) is 14.9 Å². The number of likely N-dealkylation sites (tertiary alicyclic amines) is 1. The van der Waals surface area contributed by atoms with Crippen LogP contribution in [-0.2, 0) is 6.54 Å². The lowest BCUT2D eigenvalue weighted by molar-refractivity contribution is 0.0901. The molecule has 7 heteroatoms. The number of anilines is 1. The number of rotatable bonds is 4. The van der Waals surface area contributed by atoms with Crippen LogP contribution in [0.15, 0.2) is 24.5 Å². The lowest BCUT2D eigenvalue weighted by Gasteiger charge is -2.31. The highest BCUT2D eigenvalue weighted by molar-refractivity contribution is 7.15. The van der Waals surface area contributed by atoms with Gasteiger partial charge < -0.3 is 10.5 Å². The molecule has 2 aromatic rings. The molecule has 21 heavy (non-hydrogen) atoms. The van der Waals surface area contributed by atoms with Crippen LogP contribution in [0.3, 0.4) is 0 Å². The van der Waals surface area contributed by atoms with Crippen molar-refractivity contribution < 1.29 is 9.13 Å². The normalized spacial score (nSPS) is 17.0. The van der Waals surface area contributed by atoms with E-state index in [1.807, 2.05) is 6.20 Å². The molecule has 0 saturated carbocycles. The van der Waals surface area contributed by atoms with Crippen LogP contribution in [0.5, 0.6) is 5.88 Å². The number of thiazole rings is 1. The number of piperidine rings is 1. The maximum Gasteiger partial charge on any atom is 0.250 e. The molecule has 3 heterocycles. The van der Waals surface area contributed by atoms with Crippen molar-refractivity contribution in [3.05, 3.63) is 35.2 Å². The molecule has 3 rings (SSSR count). The van der Waals surface area contributed by atoms with Gasteiger partial charge in [0.2, 0.25) is 0 Å². The summed E-state index contributed by atoms with van der Waals surface area (Å²) in [6.07, 6.45) is 5.12. The summed E-state index contributed by atoms with van der Waals surface area (Å²) < 4.78 is 19.1. The third-order valence-electron chi connectivity index (χ3n) is 3.49. The molecule has 0 unspecified atom stereocenters. The summed E-state index contributed by atoms with van der Waals surface area (Å²) in [6.45, 7) is 2.69. The van der Waals surface area contributed by atoms with Crippen molar-refractivity contribution >= 4 is 16.5 Å². The molecule has 2 aromatic heterocycles. The summed E-state index contributed by atoms with van der Waals surface area (Å²) in [6, 6.07) is 2.93. The third-order valence-corrected chi connectivity index (χ3v) is 4.30. The van der Waals surface area contributed by atoms with E-state index in [2.05, 4.69) is 14.9 Å². The zero-order chi connectivity index (χ0) is 14.7. The van der Waals surface area contributed by atoms with Gasteiger partial charge in [-0.15, -0.1) is 11.3 Å². The molecule has 5 nitrogen and oxygen atoms in total. The van der Waals surface area contributed by atoms with E-state index in [1.54, 1.807) is 12.3 Å². The topological polar surface area (TPSA) is 64.3 Å². The quantitative estimate of drug-likeness (QED) is 0.939. The van der Waals surface area contributed by atoms with E-state index in [1.165, 1.54) is 22.3 Å². The maximum absolute atomic E-state index is 13.5. The van der Waals surface area contributed by atoms with E-state index in [0.29, 0.717) is 5.13 Å².